The minimum absolute atomic E-state index is 0.241. The van der Waals surface area contributed by atoms with E-state index in [1.807, 2.05) is 30.3 Å². The first-order valence-electron chi connectivity index (χ1n) is 8.04. The van der Waals surface area contributed by atoms with E-state index in [4.69, 9.17) is 14.7 Å². The molecule has 1 aliphatic carbocycles. The lowest BCUT2D eigenvalue weighted by atomic mass is 10.00. The molecular weight excluding hydrogens is 300 g/mol. The zero-order valence-corrected chi connectivity index (χ0v) is 13.6. The van der Waals surface area contributed by atoms with E-state index < -0.39 is 0 Å². The first kappa shape index (κ1) is 15.9. The Bertz CT molecular complexity index is 825. The fraction of sp³-hybridized carbons (Fsp3) is 0.300. The summed E-state index contributed by atoms with van der Waals surface area (Å²) in [6.45, 7) is 0. The molecule has 0 aromatic heterocycles. The number of nitrogens with zero attached hydrogens (tertiary/aromatic N) is 2. The molecule has 0 radical (unpaired) electrons. The van der Waals surface area contributed by atoms with Gasteiger partial charge in [0.2, 0.25) is 0 Å². The predicted molar refractivity (Wildman–Crippen MR) is 90.7 cm³/mol. The van der Waals surface area contributed by atoms with Gasteiger partial charge in [-0.1, -0.05) is 12.1 Å². The van der Waals surface area contributed by atoms with Gasteiger partial charge in [0.1, 0.15) is 12.1 Å². The van der Waals surface area contributed by atoms with Crippen LogP contribution in [0, 0.1) is 22.7 Å². The van der Waals surface area contributed by atoms with Crippen LogP contribution in [0.5, 0.6) is 11.5 Å². The first-order valence-corrected chi connectivity index (χ1v) is 8.04. The minimum Gasteiger partial charge on any atom is -0.493 e. The maximum absolute atomic E-state index is 9.20. The number of hydrogen-bond acceptors (Lipinski definition) is 4. The van der Waals surface area contributed by atoms with Crippen molar-refractivity contribution in [3.8, 4) is 34.8 Å². The largest absolute Gasteiger partial charge is 0.493 e. The van der Waals surface area contributed by atoms with E-state index in [2.05, 4.69) is 6.07 Å². The molecule has 0 N–H and O–H groups in total. The van der Waals surface area contributed by atoms with Crippen LogP contribution in [0.25, 0.3) is 11.1 Å². The Morgan fingerprint density at radius 3 is 2.21 bits per heavy atom. The molecule has 2 aromatic carbocycles. The fourth-order valence-corrected chi connectivity index (χ4v) is 3.05. The molecule has 0 spiro atoms. The van der Waals surface area contributed by atoms with Crippen LogP contribution in [0.15, 0.2) is 36.4 Å². The Morgan fingerprint density at radius 1 is 0.875 bits per heavy atom. The highest BCUT2D eigenvalue weighted by atomic mass is 16.5. The highest BCUT2D eigenvalue weighted by molar-refractivity contribution is 5.70. The zero-order valence-electron chi connectivity index (χ0n) is 13.6. The second-order valence-electron chi connectivity index (χ2n) is 5.87. The SMILES string of the molecule is COc1ccc(-c2ccc(C#N)c(C#N)c2)cc1OC1CCCC1. The van der Waals surface area contributed by atoms with Crippen LogP contribution in [0.1, 0.15) is 36.8 Å². The molecular formula is C20H18N2O2. The molecule has 4 nitrogen and oxygen atoms in total. The first-order chi connectivity index (χ1) is 11.7. The Morgan fingerprint density at radius 2 is 1.54 bits per heavy atom. The topological polar surface area (TPSA) is 66.0 Å². The van der Waals surface area contributed by atoms with E-state index in [9.17, 15) is 5.26 Å². The molecule has 0 saturated heterocycles. The molecule has 4 heteroatoms. The van der Waals surface area contributed by atoms with Crippen molar-refractivity contribution >= 4 is 0 Å². The number of benzene rings is 2. The average molecular weight is 318 g/mol. The molecule has 120 valence electrons. The van der Waals surface area contributed by atoms with Gasteiger partial charge < -0.3 is 9.47 Å². The van der Waals surface area contributed by atoms with Gasteiger partial charge in [0.05, 0.1) is 24.3 Å². The summed E-state index contributed by atoms with van der Waals surface area (Å²) in [5, 5.41) is 18.2. The van der Waals surface area contributed by atoms with Crippen molar-refractivity contribution in [1.82, 2.24) is 0 Å². The van der Waals surface area contributed by atoms with Crippen molar-refractivity contribution in [2.24, 2.45) is 0 Å². The third-order valence-corrected chi connectivity index (χ3v) is 4.35. The highest BCUT2D eigenvalue weighted by Crippen LogP contribution is 2.35. The smallest absolute Gasteiger partial charge is 0.162 e. The molecule has 0 unspecified atom stereocenters. The lowest BCUT2D eigenvalue weighted by Crippen LogP contribution is -2.11. The third kappa shape index (κ3) is 3.19. The van der Waals surface area contributed by atoms with E-state index >= 15 is 0 Å². The number of rotatable bonds is 4. The van der Waals surface area contributed by atoms with Crippen LogP contribution >= 0.6 is 0 Å². The van der Waals surface area contributed by atoms with E-state index in [0.29, 0.717) is 16.9 Å². The van der Waals surface area contributed by atoms with Crippen LogP contribution in [-0.4, -0.2) is 13.2 Å². The summed E-state index contributed by atoms with van der Waals surface area (Å²) in [6.07, 6.45) is 4.79. The quantitative estimate of drug-likeness (QED) is 0.836. The van der Waals surface area contributed by atoms with Crippen LogP contribution in [0.2, 0.25) is 0 Å². The van der Waals surface area contributed by atoms with Gasteiger partial charge in [-0.05, 0) is 61.1 Å². The molecule has 0 bridgehead atoms. The van der Waals surface area contributed by atoms with Gasteiger partial charge in [0.15, 0.2) is 11.5 Å². The Labute approximate surface area is 141 Å². The van der Waals surface area contributed by atoms with Crippen molar-refractivity contribution in [1.29, 1.82) is 10.5 Å². The van der Waals surface area contributed by atoms with E-state index in [1.165, 1.54) is 12.8 Å². The summed E-state index contributed by atoms with van der Waals surface area (Å²) in [6, 6.07) is 15.1. The second kappa shape index (κ2) is 7.06. The van der Waals surface area contributed by atoms with Gasteiger partial charge in [-0.2, -0.15) is 10.5 Å². The summed E-state index contributed by atoms with van der Waals surface area (Å²) >= 11 is 0. The normalized spacial score (nSPS) is 14.0. The average Bonchev–Trinajstić information content (AvgIpc) is 3.14. The van der Waals surface area contributed by atoms with E-state index in [-0.39, 0.29) is 6.10 Å². The molecule has 0 amide bonds. The number of ether oxygens (including phenoxy) is 2. The second-order valence-corrected chi connectivity index (χ2v) is 5.87. The summed E-state index contributed by atoms with van der Waals surface area (Å²) in [4.78, 5) is 0. The highest BCUT2D eigenvalue weighted by Gasteiger charge is 2.19. The molecule has 0 aliphatic heterocycles. The molecule has 24 heavy (non-hydrogen) atoms. The summed E-state index contributed by atoms with van der Waals surface area (Å²) in [5.74, 6) is 1.43. The molecule has 3 rings (SSSR count). The lowest BCUT2D eigenvalue weighted by molar-refractivity contribution is 0.201. The standard InChI is InChI=1S/C20H18N2O2/c1-23-19-9-8-15(11-20(19)24-18-4-2-3-5-18)14-6-7-16(12-21)17(10-14)13-22/h6-11,18H,2-5H2,1H3. The Balaban J connectivity index is 1.96. The molecule has 1 fully saturated rings. The van der Waals surface area contributed by atoms with Gasteiger partial charge in [-0.3, -0.25) is 0 Å². The van der Waals surface area contributed by atoms with Crippen LogP contribution in [-0.2, 0) is 0 Å². The number of hydrogen-bond donors (Lipinski definition) is 0. The van der Waals surface area contributed by atoms with Gasteiger partial charge in [-0.25, -0.2) is 0 Å². The molecule has 0 atom stereocenters. The summed E-state index contributed by atoms with van der Waals surface area (Å²) in [7, 11) is 1.63. The Kier molecular flexibility index (Phi) is 4.68. The minimum atomic E-state index is 0.241. The maximum Gasteiger partial charge on any atom is 0.162 e. The monoisotopic (exact) mass is 318 g/mol. The molecule has 0 heterocycles. The fourth-order valence-electron chi connectivity index (χ4n) is 3.05. The summed E-state index contributed by atoms with van der Waals surface area (Å²) < 4.78 is 11.5. The van der Waals surface area contributed by atoms with Crippen LogP contribution in [0.3, 0.4) is 0 Å². The maximum atomic E-state index is 9.20. The van der Waals surface area contributed by atoms with Crippen LogP contribution in [0.4, 0.5) is 0 Å². The third-order valence-electron chi connectivity index (χ3n) is 4.35. The van der Waals surface area contributed by atoms with Crippen molar-refractivity contribution < 1.29 is 9.47 Å². The predicted octanol–water partition coefficient (Wildman–Crippen LogP) is 4.43. The van der Waals surface area contributed by atoms with Crippen molar-refractivity contribution in [2.45, 2.75) is 31.8 Å². The van der Waals surface area contributed by atoms with Gasteiger partial charge in [0.25, 0.3) is 0 Å². The van der Waals surface area contributed by atoms with E-state index in [1.54, 1.807) is 19.2 Å². The van der Waals surface area contributed by atoms with Crippen molar-refractivity contribution in [3.05, 3.63) is 47.5 Å². The Hall–Kier alpha value is -2.98. The van der Waals surface area contributed by atoms with Gasteiger partial charge in [0, 0.05) is 0 Å². The molecule has 1 saturated carbocycles. The number of methoxy groups -OCH3 is 1. The van der Waals surface area contributed by atoms with Crippen molar-refractivity contribution in [3.63, 3.8) is 0 Å². The molecule has 2 aromatic rings. The van der Waals surface area contributed by atoms with Crippen LogP contribution < -0.4 is 9.47 Å². The molecule has 1 aliphatic rings. The lowest BCUT2D eigenvalue weighted by Gasteiger charge is -2.17. The van der Waals surface area contributed by atoms with Gasteiger partial charge >= 0.3 is 0 Å². The van der Waals surface area contributed by atoms with Gasteiger partial charge in [-0.15, -0.1) is 0 Å². The van der Waals surface area contributed by atoms with Crippen molar-refractivity contribution in [2.75, 3.05) is 7.11 Å². The summed E-state index contributed by atoms with van der Waals surface area (Å²) in [5.41, 5.74) is 2.58. The zero-order chi connectivity index (χ0) is 16.9. The van der Waals surface area contributed by atoms with E-state index in [0.717, 1.165) is 29.7 Å². The number of nitriles is 2.